The second kappa shape index (κ2) is 26.6. The number of hydrogen-bond donors (Lipinski definition) is 12. The number of rotatable bonds is 22. The smallest absolute Gasteiger partial charge is 0.295 e. The standard InChI is InChI=1S/C40H46N14O14S4.2Na/c41-69(59,60)31-11-7-27(8-12-31)43-35-47-37(51-39(49-35)53(15-19-55)16-20-56)45-29-5-3-25(33(23-29)71(63,64)65)1-2-26-4-6-30(24-34(26)72(66,67)68)46-38-48-36(50-40(52-38)54(17-21-57)18-22-58)44-28-9-13-32(14-10-28)70(42,61)62;;/h1-14,23-24,55-58H,15-22H2,(H2,41,59,60)(H2,42,61,62)(H,63,64,65)(H,66,67,68)(H2,43,45,47,49,51)(H2,44,46,48,50,52);;. The number of aromatic nitrogens is 6. The molecule has 0 saturated carbocycles. The summed E-state index contributed by atoms with van der Waals surface area (Å²) in [4.78, 5) is 32.9. The number of benzene rings is 4. The molecule has 0 spiro atoms. The van der Waals surface area contributed by atoms with Crippen LogP contribution in [0.15, 0.2) is 114 Å². The van der Waals surface area contributed by atoms with Crippen LogP contribution < -0.4 is 41.9 Å². The van der Waals surface area contributed by atoms with Gasteiger partial charge >= 0.3 is 0 Å². The van der Waals surface area contributed by atoms with Gasteiger partial charge in [-0.25, -0.2) is 37.1 Å². The van der Waals surface area contributed by atoms with E-state index < -0.39 is 50.1 Å². The predicted octanol–water partition coefficient (Wildman–Crippen LogP) is -1.35. The van der Waals surface area contributed by atoms with E-state index in [0.717, 1.165) is 24.3 Å². The summed E-state index contributed by atoms with van der Waals surface area (Å²) in [6, 6.07) is 17.5. The average molecular weight is 1120 g/mol. The molecule has 0 aliphatic rings. The zero-order valence-corrected chi connectivity index (χ0v) is 46.5. The third-order valence-electron chi connectivity index (χ3n) is 9.71. The summed E-state index contributed by atoms with van der Waals surface area (Å²) in [6.07, 6.45) is 2.28. The van der Waals surface area contributed by atoms with Crippen molar-refractivity contribution >= 4 is 158 Å². The van der Waals surface area contributed by atoms with Crippen LogP contribution in [0.3, 0.4) is 0 Å². The topological polar surface area (TPSA) is 448 Å². The molecule has 14 N–H and O–H groups in total. The molecule has 34 heteroatoms. The molecule has 0 atom stereocenters. The van der Waals surface area contributed by atoms with Crippen molar-refractivity contribution < 1.29 is 63.2 Å². The molecule has 6 rings (SSSR count). The summed E-state index contributed by atoms with van der Waals surface area (Å²) in [5, 5.41) is 54.8. The number of anilines is 6. The molecule has 0 saturated heterocycles. The molecule has 0 bridgehead atoms. The number of aromatic amines is 2. The Balaban J connectivity index is 0.00000593. The Kier molecular flexibility index (Phi) is 22.1. The first-order valence-electron chi connectivity index (χ1n) is 20.7. The molecular weight excluding hydrogens is 1070 g/mol. The summed E-state index contributed by atoms with van der Waals surface area (Å²) in [5.74, 6) is -0.162. The maximum absolute atomic E-state index is 12.8. The molecule has 28 nitrogen and oxygen atoms in total. The van der Waals surface area contributed by atoms with Gasteiger partial charge in [0.1, 0.15) is 9.79 Å². The Morgan fingerprint density at radius 1 is 0.514 bits per heavy atom. The molecule has 2 radical (unpaired) electrons. The second-order valence-electron chi connectivity index (χ2n) is 14.8. The molecule has 6 aromatic rings. The summed E-state index contributed by atoms with van der Waals surface area (Å²) < 4.78 is 119. The maximum Gasteiger partial charge on any atom is 0.295 e. The average Bonchev–Trinajstić information content (AvgIpc) is 3.30. The summed E-state index contributed by atoms with van der Waals surface area (Å²) >= 11 is 0. The van der Waals surface area contributed by atoms with Crippen molar-refractivity contribution in [1.29, 1.82) is 0 Å². The first kappa shape index (κ1) is 61.5. The van der Waals surface area contributed by atoms with Gasteiger partial charge in [0.15, 0.2) is 0 Å². The van der Waals surface area contributed by atoms with Gasteiger partial charge in [0, 0.05) is 96.7 Å². The van der Waals surface area contributed by atoms with Crippen molar-refractivity contribution in [2.45, 2.75) is 19.6 Å². The van der Waals surface area contributed by atoms with Crippen molar-refractivity contribution in [1.82, 2.24) is 29.9 Å². The number of nitrogens with two attached hydrogens (primary N) is 2. The van der Waals surface area contributed by atoms with E-state index >= 15 is 0 Å². The Labute approximate surface area is 467 Å². The normalized spacial score (nSPS) is 12.5. The first-order valence-corrected chi connectivity index (χ1v) is 26.6. The number of aliphatic hydroxyl groups excluding tert-OH is 4. The summed E-state index contributed by atoms with van der Waals surface area (Å²) in [5.41, 5.74) is -0.309. The summed E-state index contributed by atoms with van der Waals surface area (Å²) in [6.45, 7) is -1.46. The minimum Gasteiger partial charge on any atom is -0.395 e. The molecule has 74 heavy (non-hydrogen) atoms. The second-order valence-corrected chi connectivity index (χ2v) is 20.8. The van der Waals surface area contributed by atoms with Crippen molar-refractivity contribution in [2.75, 3.05) is 73.0 Å². The SMILES string of the molecule is NS(=O)(=O)c1ccc(Nc2nc(N(CCO)CCO)[nH]c(=Nc3ccc(C=Cc4ccc(N=c5nc(Nc6ccc(S(N)(=O)=O)cc6)nc(N(CCO)CCO)[nH]5)cc4S(=O)(=O)O)c(S(=O)(=O)O)c3)n2)cc1.[Na].[Na]. The van der Waals surface area contributed by atoms with Crippen molar-refractivity contribution in [3.8, 4) is 0 Å². The van der Waals surface area contributed by atoms with Gasteiger partial charge in [-0.2, -0.15) is 36.8 Å². The fraction of sp³-hybridized carbons (Fsp3) is 0.200. The van der Waals surface area contributed by atoms with Gasteiger partial charge in [0.2, 0.25) is 55.1 Å². The molecule has 386 valence electrons. The number of H-pyrrole nitrogens is 2. The van der Waals surface area contributed by atoms with Crippen molar-refractivity contribution in [3.63, 3.8) is 0 Å². The third-order valence-corrected chi connectivity index (χ3v) is 13.4. The first-order chi connectivity index (χ1) is 34.0. The molecule has 4 aromatic carbocycles. The van der Waals surface area contributed by atoms with Crippen LogP contribution in [0, 0.1) is 0 Å². The zero-order chi connectivity index (χ0) is 52.4. The van der Waals surface area contributed by atoms with E-state index in [0.29, 0.717) is 11.4 Å². The molecule has 0 amide bonds. The summed E-state index contributed by atoms with van der Waals surface area (Å²) in [7, 11) is -18.1. The largest absolute Gasteiger partial charge is 0.395 e. The molecule has 0 aliphatic heterocycles. The monoisotopic (exact) mass is 1120 g/mol. The number of nitrogens with zero attached hydrogens (tertiary/aromatic N) is 8. The van der Waals surface area contributed by atoms with Crippen molar-refractivity contribution in [2.24, 2.45) is 20.3 Å². The van der Waals surface area contributed by atoms with Crippen LogP contribution in [0.25, 0.3) is 12.2 Å². The van der Waals surface area contributed by atoms with Crippen LogP contribution in [-0.2, 0) is 40.3 Å². The van der Waals surface area contributed by atoms with Crippen LogP contribution in [-0.4, -0.2) is 205 Å². The van der Waals surface area contributed by atoms with Gasteiger partial charge < -0.3 is 40.9 Å². The fourth-order valence-electron chi connectivity index (χ4n) is 6.46. The van der Waals surface area contributed by atoms with Gasteiger partial charge in [-0.1, -0.05) is 24.3 Å². The van der Waals surface area contributed by atoms with Crippen LogP contribution in [0.1, 0.15) is 11.1 Å². The van der Waals surface area contributed by atoms with E-state index in [4.69, 9.17) is 10.3 Å². The molecule has 2 heterocycles. The molecule has 0 aliphatic carbocycles. The van der Waals surface area contributed by atoms with Gasteiger partial charge in [-0.05, 0) is 83.9 Å². The quantitative estimate of drug-likeness (QED) is 0.0212. The third kappa shape index (κ3) is 17.2. The van der Waals surface area contributed by atoms with Gasteiger partial charge in [-0.15, -0.1) is 0 Å². The van der Waals surface area contributed by atoms with E-state index in [-0.39, 0.29) is 179 Å². The Bertz CT molecular complexity index is 3330. The van der Waals surface area contributed by atoms with Crippen molar-refractivity contribution in [3.05, 3.63) is 107 Å². The molecular formula is C40H46N14Na2O14S4. The van der Waals surface area contributed by atoms with Gasteiger partial charge in [0.25, 0.3) is 20.2 Å². The van der Waals surface area contributed by atoms with E-state index in [2.05, 4.69) is 50.5 Å². The fourth-order valence-corrected chi connectivity index (χ4v) is 8.89. The molecule has 0 unspecified atom stereocenters. The number of nitrogens with one attached hydrogen (secondary N) is 4. The molecule has 0 fully saturated rings. The number of primary sulfonamides is 2. The predicted molar refractivity (Wildman–Crippen MR) is 271 cm³/mol. The Morgan fingerprint density at radius 2 is 0.838 bits per heavy atom. The van der Waals surface area contributed by atoms with Crippen LogP contribution in [0.4, 0.5) is 46.5 Å². The van der Waals surface area contributed by atoms with Gasteiger partial charge in [-0.3, -0.25) is 19.1 Å². The van der Waals surface area contributed by atoms with Crippen LogP contribution in [0.5, 0.6) is 0 Å². The van der Waals surface area contributed by atoms with E-state index in [1.165, 1.54) is 82.6 Å². The van der Waals surface area contributed by atoms with E-state index in [9.17, 15) is 63.2 Å². The van der Waals surface area contributed by atoms with Crippen LogP contribution in [0.2, 0.25) is 0 Å². The van der Waals surface area contributed by atoms with Gasteiger partial charge in [0.05, 0.1) is 47.6 Å². The minimum absolute atomic E-state index is 0. The maximum atomic E-state index is 12.8. The molecule has 2 aromatic heterocycles. The minimum atomic E-state index is -5.03. The zero-order valence-electron chi connectivity index (χ0n) is 39.2. The van der Waals surface area contributed by atoms with E-state index in [1.54, 1.807) is 0 Å². The number of aliphatic hydroxyl groups is 4. The Morgan fingerprint density at radius 3 is 1.12 bits per heavy atom. The number of sulfonamides is 2. The number of hydrogen-bond acceptors (Lipinski definition) is 22. The van der Waals surface area contributed by atoms with Crippen LogP contribution >= 0.6 is 0 Å². The Hall–Kier alpha value is -5.08. The van der Waals surface area contributed by atoms with E-state index in [1.807, 2.05) is 0 Å².